The summed E-state index contributed by atoms with van der Waals surface area (Å²) in [4.78, 5) is 26.1. The average Bonchev–Trinajstić information content (AvgIpc) is 3.24. The minimum absolute atomic E-state index is 0.316. The minimum atomic E-state index is -0.339. The molecule has 3 heterocycles. The molecule has 0 saturated heterocycles. The van der Waals surface area contributed by atoms with Crippen molar-refractivity contribution in [2.45, 2.75) is 19.6 Å². The van der Waals surface area contributed by atoms with Crippen LogP contribution in [0.25, 0.3) is 0 Å². The van der Waals surface area contributed by atoms with E-state index in [9.17, 15) is 9.59 Å². The smallest absolute Gasteiger partial charge is 0.330 e. The molecule has 0 aliphatic rings. The van der Waals surface area contributed by atoms with Gasteiger partial charge in [-0.25, -0.2) is 4.79 Å². The number of rotatable bonds is 6. The van der Waals surface area contributed by atoms with Crippen molar-refractivity contribution in [1.82, 2.24) is 14.0 Å². The third-order valence-electron chi connectivity index (χ3n) is 3.93. The van der Waals surface area contributed by atoms with E-state index in [-0.39, 0.29) is 11.2 Å². The zero-order chi connectivity index (χ0) is 17.1. The van der Waals surface area contributed by atoms with E-state index in [1.165, 1.54) is 17.7 Å². The van der Waals surface area contributed by atoms with Crippen molar-refractivity contribution >= 4 is 0 Å². The summed E-state index contributed by atoms with van der Waals surface area (Å²) < 4.78 is 13.4. The Morgan fingerprint density at radius 3 is 2.00 bits per heavy atom. The standard InChI is InChI=1S/C17H19N3O4/c1-18-13(9-16(21)19(2)17(18)22)10-20(11-14-5-3-7-23-14)12-15-6-4-8-24-15/h3-9H,10-12H2,1-2H3. The quantitative estimate of drug-likeness (QED) is 0.685. The first-order valence-corrected chi connectivity index (χ1v) is 7.57. The minimum Gasteiger partial charge on any atom is -0.468 e. The van der Waals surface area contributed by atoms with E-state index in [0.29, 0.717) is 25.3 Å². The highest BCUT2D eigenvalue weighted by Crippen LogP contribution is 2.13. The van der Waals surface area contributed by atoms with E-state index >= 15 is 0 Å². The zero-order valence-corrected chi connectivity index (χ0v) is 13.6. The second kappa shape index (κ2) is 6.76. The molecule has 0 saturated carbocycles. The number of aromatic nitrogens is 2. The molecule has 3 aromatic heterocycles. The van der Waals surface area contributed by atoms with Crippen molar-refractivity contribution < 1.29 is 8.83 Å². The lowest BCUT2D eigenvalue weighted by Gasteiger charge is -2.21. The molecule has 7 heteroatoms. The summed E-state index contributed by atoms with van der Waals surface area (Å²) in [7, 11) is 3.13. The predicted octanol–water partition coefficient (Wildman–Crippen LogP) is 1.47. The topological polar surface area (TPSA) is 73.5 Å². The van der Waals surface area contributed by atoms with Crippen LogP contribution in [0.3, 0.4) is 0 Å². The lowest BCUT2D eigenvalue weighted by atomic mass is 10.3. The van der Waals surface area contributed by atoms with Crippen molar-refractivity contribution in [2.75, 3.05) is 0 Å². The van der Waals surface area contributed by atoms with Gasteiger partial charge in [-0.2, -0.15) is 0 Å². The molecule has 0 radical (unpaired) electrons. The highest BCUT2D eigenvalue weighted by Gasteiger charge is 2.14. The van der Waals surface area contributed by atoms with Crippen LogP contribution in [-0.4, -0.2) is 14.0 Å². The fourth-order valence-electron chi connectivity index (χ4n) is 2.57. The number of nitrogens with zero attached hydrogens (tertiary/aromatic N) is 3. The third-order valence-corrected chi connectivity index (χ3v) is 3.93. The molecule has 0 bridgehead atoms. The molecule has 0 aliphatic heterocycles. The molecule has 0 atom stereocenters. The summed E-state index contributed by atoms with van der Waals surface area (Å²) in [6, 6.07) is 8.91. The summed E-state index contributed by atoms with van der Waals surface area (Å²) in [5, 5.41) is 0. The Kier molecular flexibility index (Phi) is 4.52. The molecular weight excluding hydrogens is 310 g/mol. The largest absolute Gasteiger partial charge is 0.468 e. The summed E-state index contributed by atoms with van der Waals surface area (Å²) in [6.07, 6.45) is 3.24. The molecule has 3 rings (SSSR count). The molecule has 126 valence electrons. The summed E-state index contributed by atoms with van der Waals surface area (Å²) in [5.74, 6) is 1.60. The second-order valence-electron chi connectivity index (χ2n) is 5.68. The van der Waals surface area contributed by atoms with Crippen molar-refractivity contribution in [3.8, 4) is 0 Å². The van der Waals surface area contributed by atoms with Crippen LogP contribution in [0.15, 0.2) is 61.3 Å². The number of hydrogen-bond acceptors (Lipinski definition) is 5. The van der Waals surface area contributed by atoms with E-state index in [1.807, 2.05) is 29.2 Å². The molecule has 0 unspecified atom stereocenters. The normalized spacial score (nSPS) is 11.3. The third kappa shape index (κ3) is 3.41. The van der Waals surface area contributed by atoms with Gasteiger partial charge in [-0.05, 0) is 24.3 Å². The summed E-state index contributed by atoms with van der Waals surface area (Å²) in [5.41, 5.74) is -0.0151. The van der Waals surface area contributed by atoms with Crippen LogP contribution < -0.4 is 11.2 Å². The SMILES string of the molecule is Cn1c(CN(Cc2ccco2)Cc2ccco2)cc(=O)n(C)c1=O. The first kappa shape index (κ1) is 16.1. The fourth-order valence-corrected chi connectivity index (χ4v) is 2.57. The lowest BCUT2D eigenvalue weighted by Crippen LogP contribution is -2.39. The van der Waals surface area contributed by atoms with E-state index in [2.05, 4.69) is 0 Å². The molecule has 3 aromatic rings. The highest BCUT2D eigenvalue weighted by molar-refractivity contribution is 5.05. The van der Waals surface area contributed by atoms with Gasteiger partial charge in [0.1, 0.15) is 11.5 Å². The van der Waals surface area contributed by atoms with Gasteiger partial charge in [0.25, 0.3) is 5.56 Å². The molecule has 0 amide bonds. The summed E-state index contributed by atoms with van der Waals surface area (Å²) >= 11 is 0. The van der Waals surface area contributed by atoms with Crippen LogP contribution in [0.1, 0.15) is 17.2 Å². The van der Waals surface area contributed by atoms with Gasteiger partial charge in [0.05, 0.1) is 25.6 Å². The van der Waals surface area contributed by atoms with E-state index in [4.69, 9.17) is 8.83 Å². The predicted molar refractivity (Wildman–Crippen MR) is 87.3 cm³/mol. The van der Waals surface area contributed by atoms with E-state index in [1.54, 1.807) is 19.6 Å². The Hall–Kier alpha value is -2.80. The van der Waals surface area contributed by atoms with Crippen LogP contribution >= 0.6 is 0 Å². The molecule has 0 spiro atoms. The first-order chi connectivity index (χ1) is 11.5. The number of furan rings is 2. The first-order valence-electron chi connectivity index (χ1n) is 7.57. The summed E-state index contributed by atoms with van der Waals surface area (Å²) in [6.45, 7) is 1.50. The monoisotopic (exact) mass is 329 g/mol. The van der Waals surface area contributed by atoms with Gasteiger partial charge < -0.3 is 8.83 Å². The van der Waals surface area contributed by atoms with E-state index < -0.39 is 0 Å². The Morgan fingerprint density at radius 2 is 1.50 bits per heavy atom. The van der Waals surface area contributed by atoms with Gasteiger partial charge in [-0.3, -0.25) is 18.8 Å². The van der Waals surface area contributed by atoms with Crippen molar-refractivity contribution in [3.05, 3.63) is 80.9 Å². The van der Waals surface area contributed by atoms with Crippen molar-refractivity contribution in [1.29, 1.82) is 0 Å². The Labute approximate surface area is 138 Å². The van der Waals surface area contributed by atoms with Gasteiger partial charge in [0.15, 0.2) is 0 Å². The van der Waals surface area contributed by atoms with Crippen LogP contribution in [-0.2, 0) is 33.7 Å². The number of hydrogen-bond donors (Lipinski definition) is 0. The maximum Gasteiger partial charge on any atom is 0.330 e. The van der Waals surface area contributed by atoms with Crippen molar-refractivity contribution in [2.24, 2.45) is 14.1 Å². The Morgan fingerprint density at radius 1 is 0.917 bits per heavy atom. The molecular formula is C17H19N3O4. The van der Waals surface area contributed by atoms with Crippen LogP contribution in [0.5, 0.6) is 0 Å². The molecule has 0 aromatic carbocycles. The zero-order valence-electron chi connectivity index (χ0n) is 13.6. The second-order valence-corrected chi connectivity index (χ2v) is 5.68. The molecule has 24 heavy (non-hydrogen) atoms. The van der Waals surface area contributed by atoms with E-state index in [0.717, 1.165) is 16.1 Å². The molecule has 0 N–H and O–H groups in total. The molecule has 0 fully saturated rings. The lowest BCUT2D eigenvalue weighted by molar-refractivity contribution is 0.204. The van der Waals surface area contributed by atoms with Crippen molar-refractivity contribution in [3.63, 3.8) is 0 Å². The van der Waals surface area contributed by atoms with Crippen LogP contribution in [0.2, 0.25) is 0 Å². The van der Waals surface area contributed by atoms with Gasteiger partial charge in [0.2, 0.25) is 0 Å². The van der Waals surface area contributed by atoms with Gasteiger partial charge in [0, 0.05) is 32.4 Å². The van der Waals surface area contributed by atoms with Crippen LogP contribution in [0, 0.1) is 0 Å². The van der Waals surface area contributed by atoms with Gasteiger partial charge in [-0.1, -0.05) is 0 Å². The molecule has 0 aliphatic carbocycles. The molecule has 7 nitrogen and oxygen atoms in total. The maximum absolute atomic E-state index is 12.1. The maximum atomic E-state index is 12.1. The Bertz CT molecular complexity index is 868. The van der Waals surface area contributed by atoms with Crippen LogP contribution in [0.4, 0.5) is 0 Å². The average molecular weight is 329 g/mol. The fraction of sp³-hybridized carbons (Fsp3) is 0.294. The van der Waals surface area contributed by atoms with Gasteiger partial charge in [-0.15, -0.1) is 0 Å². The Balaban J connectivity index is 1.88. The highest BCUT2D eigenvalue weighted by atomic mass is 16.3. The van der Waals surface area contributed by atoms with Gasteiger partial charge >= 0.3 is 5.69 Å².